The van der Waals surface area contributed by atoms with Gasteiger partial charge in [0.05, 0.1) is 67.3 Å². The van der Waals surface area contributed by atoms with Crippen LogP contribution >= 0.6 is 0 Å². The second-order valence-corrected chi connectivity index (χ2v) is 23.0. The molecule has 1 saturated carbocycles. The molecule has 0 aromatic rings. The maximum atomic E-state index is 15.4. The molecule has 0 aromatic carbocycles. The number of aldehydes is 1. The molecule has 22 atom stereocenters. The second kappa shape index (κ2) is 22.4. The Morgan fingerprint density at radius 2 is 1.58 bits per heavy atom. The van der Waals surface area contributed by atoms with Crippen LogP contribution in [0, 0.1) is 46.1 Å². The number of alkyl carbamates (subject to hydrolysis) is 1. The molecule has 422 valence electrons. The minimum absolute atomic E-state index is 0.0156. The zero-order valence-corrected chi connectivity index (χ0v) is 45.2. The number of ketones is 1. The third-order valence-electron chi connectivity index (χ3n) is 17.9. The Hall–Kier alpha value is -4.39. The first-order valence-electron chi connectivity index (χ1n) is 26.7. The lowest BCUT2D eigenvalue weighted by Gasteiger charge is -2.56. The van der Waals surface area contributed by atoms with Crippen LogP contribution in [0.25, 0.3) is 0 Å². The number of carbonyl (C=O) groups excluding carboxylic acids is 5. The Bertz CT molecular complexity index is 2400. The van der Waals surface area contributed by atoms with Crippen LogP contribution in [0.15, 0.2) is 58.4 Å². The van der Waals surface area contributed by atoms with Crippen molar-refractivity contribution in [1.82, 2.24) is 10.5 Å². The summed E-state index contributed by atoms with van der Waals surface area (Å²) in [5.74, 6) is -6.13. The van der Waals surface area contributed by atoms with Gasteiger partial charge < -0.3 is 73.7 Å². The SMILES string of the molecule is COC(=O)N[C@@H]1[C@@H](C)O[C@@H](O[C@@H]2C/C=C(/C)[C@@H]3C=C[C@@H]4[C@@H](O[C@H]5C[C@H](O[C@@H]6CC[C@H](O)[C@@H](C)O6)[C@H](OC(C)=O)[C@@H](C)O5)[C@H](C)C[C@H](C)[C@@H]4[C@@]3(C)/C(O)=C3/C(=O)O[C@]4(CC(C=O)=C[C@H](O)[C@@H]4/C=C\2C)C3=O)C[C@]1(C)N([O-])O. The lowest BCUT2D eigenvalue weighted by molar-refractivity contribution is -0.312. The van der Waals surface area contributed by atoms with Crippen LogP contribution in [0.2, 0.25) is 0 Å². The molecule has 2 bridgehead atoms. The van der Waals surface area contributed by atoms with Crippen LogP contribution < -0.4 is 5.32 Å². The third kappa shape index (κ3) is 10.6. The van der Waals surface area contributed by atoms with Crippen molar-refractivity contribution in [2.45, 2.75) is 205 Å². The number of methoxy groups -OCH3 is 1. The summed E-state index contributed by atoms with van der Waals surface area (Å²) in [7, 11) is 1.16. The zero-order valence-electron chi connectivity index (χ0n) is 45.2. The highest BCUT2D eigenvalue weighted by atomic mass is 16.8. The summed E-state index contributed by atoms with van der Waals surface area (Å²) in [5, 5.41) is 61.1. The van der Waals surface area contributed by atoms with E-state index in [-0.39, 0.29) is 41.9 Å². The summed E-state index contributed by atoms with van der Waals surface area (Å²) >= 11 is 0. The molecule has 4 aliphatic carbocycles. The number of rotatable bonds is 10. The summed E-state index contributed by atoms with van der Waals surface area (Å²) in [6.45, 7) is 17.5. The van der Waals surface area contributed by atoms with Gasteiger partial charge in [-0.2, -0.15) is 0 Å². The van der Waals surface area contributed by atoms with E-state index in [1.165, 1.54) is 19.9 Å². The zero-order chi connectivity index (χ0) is 55.5. The van der Waals surface area contributed by atoms with Crippen molar-refractivity contribution in [3.8, 4) is 0 Å². The molecule has 4 aliphatic heterocycles. The van der Waals surface area contributed by atoms with Gasteiger partial charge in [0.15, 0.2) is 30.6 Å². The number of amides is 1. The number of nitrogens with zero attached hydrogens (tertiary/aromatic N) is 1. The first-order valence-corrected chi connectivity index (χ1v) is 26.7. The van der Waals surface area contributed by atoms with Gasteiger partial charge in [-0.3, -0.25) is 19.6 Å². The number of allylic oxidation sites excluding steroid dienone is 3. The van der Waals surface area contributed by atoms with E-state index >= 15 is 4.79 Å². The van der Waals surface area contributed by atoms with Gasteiger partial charge in [-0.25, -0.2) is 9.59 Å². The molecule has 4 heterocycles. The van der Waals surface area contributed by atoms with E-state index in [2.05, 4.69) is 25.2 Å². The van der Waals surface area contributed by atoms with Crippen LogP contribution in [0.3, 0.4) is 0 Å². The smallest absolute Gasteiger partial charge is 0.407 e. The van der Waals surface area contributed by atoms with Gasteiger partial charge in [0.1, 0.15) is 23.7 Å². The molecule has 21 nitrogen and oxygen atoms in total. The second-order valence-electron chi connectivity index (χ2n) is 23.0. The molecule has 8 rings (SSSR count). The molecular weight excluding hydrogens is 993 g/mol. The number of aliphatic hydroxyl groups excluding tert-OH is 3. The first-order chi connectivity index (χ1) is 35.8. The van der Waals surface area contributed by atoms with E-state index in [9.17, 15) is 44.9 Å². The molecule has 8 aliphatic rings. The average Bonchev–Trinajstić information content (AvgIpc) is 3.75. The maximum absolute atomic E-state index is 15.4. The lowest BCUT2D eigenvalue weighted by Crippen LogP contribution is -2.67. The topological polar surface area (TPSA) is 288 Å². The number of esters is 2. The van der Waals surface area contributed by atoms with Crippen molar-refractivity contribution in [2.24, 2.45) is 40.9 Å². The number of hydroxylamine groups is 2. The summed E-state index contributed by atoms with van der Waals surface area (Å²) < 4.78 is 55.7. The van der Waals surface area contributed by atoms with E-state index in [4.69, 9.17) is 42.6 Å². The molecule has 0 aromatic heterocycles. The molecule has 21 heteroatoms. The van der Waals surface area contributed by atoms with Gasteiger partial charge >= 0.3 is 18.0 Å². The molecule has 0 radical (unpaired) electrons. The van der Waals surface area contributed by atoms with Crippen LogP contribution in [0.5, 0.6) is 0 Å². The van der Waals surface area contributed by atoms with Gasteiger partial charge in [-0.15, -0.1) is 0 Å². The number of hydrogen-bond donors (Lipinski definition) is 5. The summed E-state index contributed by atoms with van der Waals surface area (Å²) in [5.41, 5.74) is -4.61. The highest BCUT2D eigenvalue weighted by Gasteiger charge is 2.65. The van der Waals surface area contributed by atoms with Crippen LogP contribution in [-0.2, 0) is 61.8 Å². The van der Waals surface area contributed by atoms with Crippen molar-refractivity contribution in [3.63, 3.8) is 0 Å². The Morgan fingerprint density at radius 1 is 0.882 bits per heavy atom. The summed E-state index contributed by atoms with van der Waals surface area (Å²) in [4.78, 5) is 67.2. The maximum Gasteiger partial charge on any atom is 0.407 e. The number of fused-ring (bicyclic) bond motifs is 4. The van der Waals surface area contributed by atoms with E-state index in [0.717, 1.165) is 12.7 Å². The highest BCUT2D eigenvalue weighted by molar-refractivity contribution is 6.26. The fourth-order valence-electron chi connectivity index (χ4n) is 14.0. The lowest BCUT2D eigenvalue weighted by atomic mass is 9.49. The van der Waals surface area contributed by atoms with Crippen molar-refractivity contribution in [1.29, 1.82) is 0 Å². The monoisotopic (exact) mass is 1070 g/mol. The van der Waals surface area contributed by atoms with Gasteiger partial charge in [0, 0.05) is 49.9 Å². The van der Waals surface area contributed by atoms with Crippen LogP contribution in [0.1, 0.15) is 114 Å². The van der Waals surface area contributed by atoms with E-state index in [1.807, 2.05) is 26.0 Å². The quantitative estimate of drug-likeness (QED) is 0.0452. The fourth-order valence-corrected chi connectivity index (χ4v) is 14.0. The number of ether oxygens (including phenoxy) is 9. The van der Waals surface area contributed by atoms with E-state index in [1.54, 1.807) is 33.8 Å². The van der Waals surface area contributed by atoms with Crippen molar-refractivity contribution in [3.05, 3.63) is 63.6 Å². The fraction of sp³-hybridized carbons (Fsp3) is 0.727. The highest BCUT2D eigenvalue weighted by Crippen LogP contribution is 2.61. The molecule has 1 amide bonds. The standard InChI is InChI=1S/C55H77N2O19/c1-25-12-16-39(73-43-23-53(9,57(66)67)48(31(7)71-43)56-52(65)68-11)26(2)19-36-38(61)20-33(24-58)22-55(36)50(63)44(51(64)76-55)49(62)54(10)35(25)14-13-34-45(54)27(3)18-28(4)46(34)75-42-21-40(47(30(6)70-42)72-32(8)59)74-41-17-15-37(60)29(5)69-41/h12-14,19-20,24,27-31,34-43,45-48,60-62,66H,15-18,21-23H2,1-11H3,(H,56,65)/q-1/b25-12-,26-19-,49-44-/t27-,28+,29+,30+,31+,34-,35-,36-,37-,38-,39+,40-,41+,42-,43-,45-,46-,47+,48+,53-,54-,55-/m0/s1. The molecular formula is C55H77N2O19-. The summed E-state index contributed by atoms with van der Waals surface area (Å²) in [6, 6.07) is -1.05. The van der Waals surface area contributed by atoms with Gasteiger partial charge in [-0.1, -0.05) is 50.6 Å². The Morgan fingerprint density at radius 3 is 2.24 bits per heavy atom. The largest absolute Gasteiger partial charge is 0.762 e. The minimum Gasteiger partial charge on any atom is -0.762 e. The van der Waals surface area contributed by atoms with Crippen molar-refractivity contribution < 1.29 is 87.1 Å². The molecule has 76 heavy (non-hydrogen) atoms. The van der Waals surface area contributed by atoms with Crippen molar-refractivity contribution >= 4 is 30.1 Å². The normalized spacial score (nSPS) is 47.1. The van der Waals surface area contributed by atoms with Crippen LogP contribution in [-0.4, -0.2) is 154 Å². The molecule has 5 N–H and O–H groups in total. The van der Waals surface area contributed by atoms with E-state index in [0.29, 0.717) is 31.1 Å². The molecule has 5 fully saturated rings. The first kappa shape index (κ1) is 57.8. The Labute approximate surface area is 443 Å². The number of nitrogens with one attached hydrogen (secondary N) is 1. The van der Waals surface area contributed by atoms with Gasteiger partial charge in [0.2, 0.25) is 5.78 Å². The number of carbonyl (C=O) groups is 5. The van der Waals surface area contributed by atoms with Crippen LogP contribution in [0.4, 0.5) is 4.79 Å². The third-order valence-corrected chi connectivity index (χ3v) is 17.9. The van der Waals surface area contributed by atoms with Gasteiger partial charge in [-0.05, 0) is 95.8 Å². The van der Waals surface area contributed by atoms with Crippen molar-refractivity contribution in [2.75, 3.05) is 7.11 Å². The number of aliphatic hydroxyl groups is 3. The predicted molar refractivity (Wildman–Crippen MR) is 267 cm³/mol. The summed E-state index contributed by atoms with van der Waals surface area (Å²) in [6.07, 6.45) is -0.264. The Balaban J connectivity index is 1.19. The minimum atomic E-state index is -2.17. The number of Topliss-reactive ketones (excluding diaryl/α,β-unsaturated/α-hetero) is 1. The average molecular weight is 1070 g/mol. The molecule has 1 spiro atoms. The number of hydrogen-bond acceptors (Lipinski definition) is 20. The van der Waals surface area contributed by atoms with E-state index < -0.39 is 162 Å². The molecule has 0 unspecified atom stereocenters. The Kier molecular flexibility index (Phi) is 17.0. The predicted octanol–water partition coefficient (Wildman–Crippen LogP) is 5.48. The van der Waals surface area contributed by atoms with Gasteiger partial charge in [0.25, 0.3) is 0 Å². The molecule has 4 saturated heterocycles.